The van der Waals surface area contributed by atoms with E-state index in [0.29, 0.717) is 33.4 Å². The van der Waals surface area contributed by atoms with E-state index in [2.05, 4.69) is 17.2 Å². The second-order valence-electron chi connectivity index (χ2n) is 7.54. The third-order valence-corrected chi connectivity index (χ3v) is 6.24. The molecule has 4 rings (SSSR count). The van der Waals surface area contributed by atoms with E-state index in [9.17, 15) is 9.59 Å². The van der Waals surface area contributed by atoms with Crippen LogP contribution in [0.1, 0.15) is 35.7 Å². The Labute approximate surface area is 195 Å². The number of aromatic nitrogens is 2. The zero-order valence-corrected chi connectivity index (χ0v) is 19.6. The summed E-state index contributed by atoms with van der Waals surface area (Å²) in [6.07, 6.45) is 4.58. The number of ether oxygens (including phenoxy) is 2. The van der Waals surface area contributed by atoms with Gasteiger partial charge in [-0.25, -0.2) is 4.98 Å². The van der Waals surface area contributed by atoms with Gasteiger partial charge in [-0.2, -0.15) is 0 Å². The van der Waals surface area contributed by atoms with Crippen LogP contribution in [0.4, 0.5) is 5.69 Å². The maximum atomic E-state index is 13.3. The van der Waals surface area contributed by atoms with Gasteiger partial charge < -0.3 is 14.8 Å². The molecular weight excluding hydrogens is 438 g/mol. The van der Waals surface area contributed by atoms with Crippen molar-refractivity contribution in [1.82, 2.24) is 9.38 Å². The molecule has 2 aromatic carbocycles. The van der Waals surface area contributed by atoms with E-state index in [0.717, 1.165) is 19.3 Å². The zero-order valence-electron chi connectivity index (χ0n) is 18.8. The Morgan fingerprint density at radius 1 is 1.12 bits per heavy atom. The summed E-state index contributed by atoms with van der Waals surface area (Å²) in [5, 5.41) is 4.62. The number of nitrogens with one attached hydrogen (secondary N) is 1. The van der Waals surface area contributed by atoms with E-state index in [4.69, 9.17) is 9.47 Å². The minimum absolute atomic E-state index is 0.0379. The molecule has 33 heavy (non-hydrogen) atoms. The number of anilines is 1. The molecule has 1 N–H and O–H groups in total. The van der Waals surface area contributed by atoms with Crippen LogP contribution in [0.5, 0.6) is 11.5 Å². The lowest BCUT2D eigenvalue weighted by molar-refractivity contribution is 0.102. The number of amides is 1. The summed E-state index contributed by atoms with van der Waals surface area (Å²) < 4.78 is 12.3. The molecule has 0 unspecified atom stereocenters. The molecule has 0 aliphatic rings. The van der Waals surface area contributed by atoms with Crippen LogP contribution in [0, 0.1) is 0 Å². The molecule has 2 heterocycles. The first kappa shape index (κ1) is 22.5. The van der Waals surface area contributed by atoms with Gasteiger partial charge in [0.25, 0.3) is 11.5 Å². The van der Waals surface area contributed by atoms with Crippen molar-refractivity contribution in [3.63, 3.8) is 0 Å². The number of benzene rings is 2. The van der Waals surface area contributed by atoms with Gasteiger partial charge >= 0.3 is 0 Å². The fourth-order valence-corrected chi connectivity index (χ4v) is 4.43. The van der Waals surface area contributed by atoms with Crippen molar-refractivity contribution in [3.8, 4) is 22.8 Å². The van der Waals surface area contributed by atoms with Crippen LogP contribution in [0.3, 0.4) is 0 Å². The fraction of sp³-hybridized carbons (Fsp3) is 0.240. The Morgan fingerprint density at radius 2 is 1.91 bits per heavy atom. The second kappa shape index (κ2) is 9.87. The van der Waals surface area contributed by atoms with Crippen LogP contribution in [-0.4, -0.2) is 29.5 Å². The van der Waals surface area contributed by atoms with Crippen molar-refractivity contribution in [2.24, 2.45) is 0 Å². The van der Waals surface area contributed by atoms with Gasteiger partial charge in [0.15, 0.2) is 4.96 Å². The maximum absolute atomic E-state index is 13.3. The van der Waals surface area contributed by atoms with Crippen LogP contribution in [0.2, 0.25) is 0 Å². The van der Waals surface area contributed by atoms with Crippen LogP contribution < -0.4 is 20.3 Å². The van der Waals surface area contributed by atoms with E-state index in [1.54, 1.807) is 32.4 Å². The number of carbonyl (C=O) groups is 1. The predicted octanol–water partition coefficient (Wildman–Crippen LogP) is 5.04. The molecule has 2 aromatic heterocycles. The molecule has 0 saturated heterocycles. The molecule has 0 radical (unpaired) electrons. The Kier molecular flexibility index (Phi) is 6.74. The third-order valence-electron chi connectivity index (χ3n) is 5.40. The van der Waals surface area contributed by atoms with E-state index in [1.165, 1.54) is 27.5 Å². The first-order valence-electron chi connectivity index (χ1n) is 10.7. The van der Waals surface area contributed by atoms with Gasteiger partial charge in [-0.15, -0.1) is 11.3 Å². The summed E-state index contributed by atoms with van der Waals surface area (Å²) >= 11 is 1.31. The molecular formula is C25H25N3O4S. The van der Waals surface area contributed by atoms with Crippen LogP contribution in [0.15, 0.2) is 58.8 Å². The van der Waals surface area contributed by atoms with Crippen molar-refractivity contribution in [3.05, 3.63) is 75.5 Å². The third kappa shape index (κ3) is 4.61. The quantitative estimate of drug-likeness (QED) is 0.396. The molecule has 0 bridgehead atoms. The summed E-state index contributed by atoms with van der Waals surface area (Å²) in [4.78, 5) is 31.1. The SMILES string of the molecule is CCCCc1ccc(NC(=O)c2cnc3scc(-c4cc(OC)ccc4OC)n3c2=O)cc1. The molecule has 0 saturated carbocycles. The smallest absolute Gasteiger partial charge is 0.271 e. The Hall–Kier alpha value is -3.65. The Balaban J connectivity index is 1.69. The van der Waals surface area contributed by atoms with Crippen LogP contribution >= 0.6 is 11.3 Å². The first-order valence-corrected chi connectivity index (χ1v) is 11.6. The minimum atomic E-state index is -0.502. The summed E-state index contributed by atoms with van der Waals surface area (Å²) in [7, 11) is 3.14. The number of hydrogen-bond acceptors (Lipinski definition) is 6. The number of fused-ring (bicyclic) bond motifs is 1. The topological polar surface area (TPSA) is 81.9 Å². The minimum Gasteiger partial charge on any atom is -0.497 e. The van der Waals surface area contributed by atoms with Crippen LogP contribution in [0.25, 0.3) is 16.2 Å². The zero-order chi connectivity index (χ0) is 23.4. The van der Waals surface area contributed by atoms with Gasteiger partial charge in [0.2, 0.25) is 0 Å². The van der Waals surface area contributed by atoms with Crippen molar-refractivity contribution in [2.75, 3.05) is 19.5 Å². The average molecular weight is 464 g/mol. The molecule has 170 valence electrons. The number of nitrogens with zero attached hydrogens (tertiary/aromatic N) is 2. The van der Waals surface area contributed by atoms with Gasteiger partial charge in [0.1, 0.15) is 17.1 Å². The van der Waals surface area contributed by atoms with Crippen LogP contribution in [-0.2, 0) is 6.42 Å². The molecule has 0 aliphatic heterocycles. The molecule has 0 spiro atoms. The normalized spacial score (nSPS) is 10.9. The lowest BCUT2D eigenvalue weighted by Gasteiger charge is -2.11. The highest BCUT2D eigenvalue weighted by molar-refractivity contribution is 7.15. The number of aryl methyl sites for hydroxylation is 1. The molecule has 1 amide bonds. The lowest BCUT2D eigenvalue weighted by atomic mass is 10.1. The number of carbonyl (C=O) groups excluding carboxylic acids is 1. The summed E-state index contributed by atoms with van der Waals surface area (Å²) in [6.45, 7) is 2.15. The number of methoxy groups -OCH3 is 2. The summed E-state index contributed by atoms with van der Waals surface area (Å²) in [5.74, 6) is 0.709. The average Bonchev–Trinajstić information content (AvgIpc) is 3.28. The van der Waals surface area contributed by atoms with Crippen molar-refractivity contribution >= 4 is 27.9 Å². The molecule has 8 heteroatoms. The first-order chi connectivity index (χ1) is 16.0. The molecule has 7 nitrogen and oxygen atoms in total. The number of unbranched alkanes of at least 4 members (excludes halogenated alkanes) is 1. The Bertz CT molecular complexity index is 1340. The fourth-order valence-electron chi connectivity index (χ4n) is 3.58. The van der Waals surface area contributed by atoms with E-state index >= 15 is 0 Å². The highest BCUT2D eigenvalue weighted by Gasteiger charge is 2.19. The molecule has 0 aliphatic carbocycles. The summed E-state index contributed by atoms with van der Waals surface area (Å²) in [5.41, 5.74) is 2.62. The highest BCUT2D eigenvalue weighted by Crippen LogP contribution is 2.35. The summed E-state index contributed by atoms with van der Waals surface area (Å²) in [6, 6.07) is 13.0. The second-order valence-corrected chi connectivity index (χ2v) is 8.37. The van der Waals surface area contributed by atoms with Gasteiger partial charge in [0, 0.05) is 22.8 Å². The molecule has 0 atom stereocenters. The van der Waals surface area contributed by atoms with Crippen molar-refractivity contribution < 1.29 is 14.3 Å². The van der Waals surface area contributed by atoms with Gasteiger partial charge in [-0.1, -0.05) is 25.5 Å². The highest BCUT2D eigenvalue weighted by atomic mass is 32.1. The standard InChI is InChI=1S/C25H25N3O4S/c1-4-5-6-16-7-9-17(10-8-16)27-23(29)20-14-26-25-28(24(20)30)21(15-33-25)19-13-18(31-2)11-12-22(19)32-3/h7-15H,4-6H2,1-3H3,(H,27,29). The van der Waals surface area contributed by atoms with Crippen molar-refractivity contribution in [2.45, 2.75) is 26.2 Å². The van der Waals surface area contributed by atoms with E-state index < -0.39 is 11.5 Å². The monoisotopic (exact) mass is 463 g/mol. The van der Waals surface area contributed by atoms with Gasteiger partial charge in [-0.05, 0) is 48.7 Å². The largest absolute Gasteiger partial charge is 0.497 e. The van der Waals surface area contributed by atoms with Gasteiger partial charge in [0.05, 0.1) is 19.9 Å². The van der Waals surface area contributed by atoms with Crippen molar-refractivity contribution in [1.29, 1.82) is 0 Å². The number of hydrogen-bond donors (Lipinski definition) is 1. The Morgan fingerprint density at radius 3 is 2.61 bits per heavy atom. The number of rotatable bonds is 8. The molecule has 4 aromatic rings. The molecule has 0 fully saturated rings. The maximum Gasteiger partial charge on any atom is 0.271 e. The predicted molar refractivity (Wildman–Crippen MR) is 131 cm³/mol. The van der Waals surface area contributed by atoms with E-state index in [1.807, 2.05) is 29.6 Å². The van der Waals surface area contributed by atoms with E-state index in [-0.39, 0.29) is 5.56 Å². The number of thiazole rings is 1. The lowest BCUT2D eigenvalue weighted by Crippen LogP contribution is -2.26. The van der Waals surface area contributed by atoms with Gasteiger partial charge in [-0.3, -0.25) is 14.0 Å².